The Morgan fingerprint density at radius 3 is 2.77 bits per heavy atom. The minimum Gasteiger partial charge on any atom is -0.390 e. The van der Waals surface area contributed by atoms with Crippen LogP contribution in [0.3, 0.4) is 0 Å². The van der Waals surface area contributed by atoms with Crippen LogP contribution in [-0.2, 0) is 16.0 Å². The highest BCUT2D eigenvalue weighted by atomic mass is 16.5. The molecule has 0 aromatic heterocycles. The molecule has 1 fully saturated rings. The molecular weight excluding hydrogens is 280 g/mol. The van der Waals surface area contributed by atoms with Crippen molar-refractivity contribution < 1.29 is 14.6 Å². The molecule has 1 heterocycles. The Morgan fingerprint density at radius 2 is 2.05 bits per heavy atom. The highest BCUT2D eigenvalue weighted by Crippen LogP contribution is 2.07. The Morgan fingerprint density at radius 1 is 1.27 bits per heavy atom. The molecule has 1 aliphatic heterocycles. The van der Waals surface area contributed by atoms with Gasteiger partial charge in [0.05, 0.1) is 6.10 Å². The number of carbonyl (C=O) groups is 1. The van der Waals surface area contributed by atoms with Crippen molar-refractivity contribution in [2.24, 2.45) is 0 Å². The maximum Gasteiger partial charge on any atom is 0.248 e. The van der Waals surface area contributed by atoms with Gasteiger partial charge < -0.3 is 14.7 Å². The second-order valence-corrected chi connectivity index (χ2v) is 5.67. The predicted molar refractivity (Wildman–Crippen MR) is 85.7 cm³/mol. The molecule has 1 aromatic carbocycles. The summed E-state index contributed by atoms with van der Waals surface area (Å²) < 4.78 is 5.17. The summed E-state index contributed by atoms with van der Waals surface area (Å²) in [7, 11) is 0. The second kappa shape index (κ2) is 8.88. The SMILES string of the molecule is CCOCC(=O)N1CCN(CCc2ccccc2)C[C@H](O)C1. The first-order chi connectivity index (χ1) is 10.7. The van der Waals surface area contributed by atoms with Crippen LogP contribution in [0, 0.1) is 0 Å². The third kappa shape index (κ3) is 5.40. The molecule has 0 aliphatic carbocycles. The Bertz CT molecular complexity index is 452. The van der Waals surface area contributed by atoms with Gasteiger partial charge in [-0.1, -0.05) is 30.3 Å². The molecule has 1 N–H and O–H groups in total. The average Bonchev–Trinajstić information content (AvgIpc) is 2.73. The lowest BCUT2D eigenvalue weighted by Gasteiger charge is -2.21. The number of rotatable bonds is 6. The average molecular weight is 306 g/mol. The first-order valence-electron chi connectivity index (χ1n) is 7.99. The molecule has 0 unspecified atom stereocenters. The molecule has 0 bridgehead atoms. The van der Waals surface area contributed by atoms with E-state index < -0.39 is 6.10 Å². The van der Waals surface area contributed by atoms with Crippen LogP contribution in [0.25, 0.3) is 0 Å². The predicted octanol–water partition coefficient (Wildman–Crippen LogP) is 0.771. The number of carbonyl (C=O) groups excluding carboxylic acids is 1. The summed E-state index contributed by atoms with van der Waals surface area (Å²) in [6.45, 7) is 5.86. The lowest BCUT2D eigenvalue weighted by atomic mass is 10.1. The molecule has 0 radical (unpaired) electrons. The Hall–Kier alpha value is -1.43. The molecule has 22 heavy (non-hydrogen) atoms. The van der Waals surface area contributed by atoms with Gasteiger partial charge in [0, 0.05) is 39.3 Å². The molecule has 5 heteroatoms. The van der Waals surface area contributed by atoms with Crippen LogP contribution in [0.5, 0.6) is 0 Å². The number of amides is 1. The van der Waals surface area contributed by atoms with Crippen molar-refractivity contribution in [2.75, 3.05) is 45.9 Å². The summed E-state index contributed by atoms with van der Waals surface area (Å²) in [4.78, 5) is 16.0. The highest BCUT2D eigenvalue weighted by molar-refractivity contribution is 5.77. The molecule has 1 amide bonds. The number of benzene rings is 1. The van der Waals surface area contributed by atoms with Gasteiger partial charge in [0.25, 0.3) is 0 Å². The van der Waals surface area contributed by atoms with Crippen LogP contribution in [0.2, 0.25) is 0 Å². The van der Waals surface area contributed by atoms with Gasteiger partial charge in [-0.05, 0) is 18.9 Å². The largest absolute Gasteiger partial charge is 0.390 e. The Kier molecular flexibility index (Phi) is 6.83. The highest BCUT2D eigenvalue weighted by Gasteiger charge is 2.24. The molecule has 0 saturated carbocycles. The van der Waals surface area contributed by atoms with Crippen molar-refractivity contribution in [3.8, 4) is 0 Å². The van der Waals surface area contributed by atoms with Gasteiger partial charge in [0.15, 0.2) is 0 Å². The summed E-state index contributed by atoms with van der Waals surface area (Å²) in [5, 5.41) is 10.1. The molecule has 5 nitrogen and oxygen atoms in total. The standard InChI is InChI=1S/C17H26N2O3/c1-2-22-14-17(21)19-11-10-18(12-16(20)13-19)9-8-15-6-4-3-5-7-15/h3-7,16,20H,2,8-14H2,1H3/t16-/m0/s1. The van der Waals surface area contributed by atoms with Gasteiger partial charge in [-0.15, -0.1) is 0 Å². The van der Waals surface area contributed by atoms with Crippen LogP contribution in [0.4, 0.5) is 0 Å². The number of hydrogen-bond acceptors (Lipinski definition) is 4. The second-order valence-electron chi connectivity index (χ2n) is 5.67. The summed E-state index contributed by atoms with van der Waals surface area (Å²) in [6, 6.07) is 10.3. The maximum absolute atomic E-state index is 12.0. The van der Waals surface area contributed by atoms with E-state index in [2.05, 4.69) is 17.0 Å². The number of nitrogens with zero attached hydrogens (tertiary/aromatic N) is 2. The molecule has 122 valence electrons. The molecule has 1 aromatic rings. The summed E-state index contributed by atoms with van der Waals surface area (Å²) in [5.41, 5.74) is 1.30. The van der Waals surface area contributed by atoms with Gasteiger partial charge in [0.2, 0.25) is 5.91 Å². The van der Waals surface area contributed by atoms with E-state index in [9.17, 15) is 9.90 Å². The smallest absolute Gasteiger partial charge is 0.248 e. The lowest BCUT2D eigenvalue weighted by molar-refractivity contribution is -0.136. The van der Waals surface area contributed by atoms with Gasteiger partial charge in [0.1, 0.15) is 6.61 Å². The zero-order chi connectivity index (χ0) is 15.8. The number of hydrogen-bond donors (Lipinski definition) is 1. The third-order valence-corrected chi connectivity index (χ3v) is 3.93. The van der Waals surface area contributed by atoms with Gasteiger partial charge >= 0.3 is 0 Å². The van der Waals surface area contributed by atoms with Crippen LogP contribution in [-0.4, -0.2) is 72.9 Å². The van der Waals surface area contributed by atoms with E-state index in [1.165, 1.54) is 5.56 Å². The number of aliphatic hydroxyl groups excluding tert-OH is 1. The first kappa shape index (κ1) is 16.9. The molecule has 0 spiro atoms. The van der Waals surface area contributed by atoms with E-state index in [-0.39, 0.29) is 12.5 Å². The zero-order valence-corrected chi connectivity index (χ0v) is 13.3. The number of aliphatic hydroxyl groups is 1. The lowest BCUT2D eigenvalue weighted by Crippen LogP contribution is -2.39. The fraction of sp³-hybridized carbons (Fsp3) is 0.588. The minimum absolute atomic E-state index is 0.0363. The molecule has 1 atom stereocenters. The summed E-state index contributed by atoms with van der Waals surface area (Å²) in [5.74, 6) is -0.0363. The number of ether oxygens (including phenoxy) is 1. The van der Waals surface area contributed by atoms with E-state index in [1.807, 2.05) is 25.1 Å². The van der Waals surface area contributed by atoms with Gasteiger partial charge in [-0.2, -0.15) is 0 Å². The Labute approximate surface area is 132 Å². The molecule has 1 aliphatic rings. The van der Waals surface area contributed by atoms with E-state index in [4.69, 9.17) is 4.74 Å². The van der Waals surface area contributed by atoms with Gasteiger partial charge in [-0.25, -0.2) is 0 Å². The van der Waals surface area contributed by atoms with Crippen LogP contribution < -0.4 is 0 Å². The van der Waals surface area contributed by atoms with Crippen molar-refractivity contribution in [3.05, 3.63) is 35.9 Å². The minimum atomic E-state index is -0.496. The van der Waals surface area contributed by atoms with Crippen molar-refractivity contribution in [2.45, 2.75) is 19.4 Å². The van der Waals surface area contributed by atoms with E-state index in [1.54, 1.807) is 4.90 Å². The normalized spacial score (nSPS) is 19.9. The van der Waals surface area contributed by atoms with Crippen LogP contribution >= 0.6 is 0 Å². The van der Waals surface area contributed by atoms with Crippen molar-refractivity contribution in [3.63, 3.8) is 0 Å². The van der Waals surface area contributed by atoms with Crippen LogP contribution in [0.15, 0.2) is 30.3 Å². The summed E-state index contributed by atoms with van der Waals surface area (Å²) >= 11 is 0. The van der Waals surface area contributed by atoms with Crippen molar-refractivity contribution >= 4 is 5.91 Å². The van der Waals surface area contributed by atoms with Crippen molar-refractivity contribution in [1.82, 2.24) is 9.80 Å². The van der Waals surface area contributed by atoms with Crippen molar-refractivity contribution in [1.29, 1.82) is 0 Å². The van der Waals surface area contributed by atoms with Crippen LogP contribution in [0.1, 0.15) is 12.5 Å². The molecule has 1 saturated heterocycles. The Balaban J connectivity index is 1.82. The van der Waals surface area contributed by atoms with E-state index in [0.29, 0.717) is 26.2 Å². The third-order valence-electron chi connectivity index (χ3n) is 3.93. The van der Waals surface area contributed by atoms with E-state index >= 15 is 0 Å². The van der Waals surface area contributed by atoms with E-state index in [0.717, 1.165) is 19.5 Å². The fourth-order valence-corrected chi connectivity index (χ4v) is 2.70. The quantitative estimate of drug-likeness (QED) is 0.843. The number of β-amino-alcohol motifs (C(OH)–C–C–N with tert-alkyl or cyclic N) is 1. The fourth-order valence-electron chi connectivity index (χ4n) is 2.70. The summed E-state index contributed by atoms with van der Waals surface area (Å²) in [6.07, 6.45) is 0.462. The monoisotopic (exact) mass is 306 g/mol. The molecular formula is C17H26N2O3. The maximum atomic E-state index is 12.0. The van der Waals surface area contributed by atoms with Gasteiger partial charge in [-0.3, -0.25) is 9.69 Å². The topological polar surface area (TPSA) is 53.0 Å². The zero-order valence-electron chi connectivity index (χ0n) is 13.3. The molecule has 2 rings (SSSR count). The first-order valence-corrected chi connectivity index (χ1v) is 7.99.